The first-order valence-electron chi connectivity index (χ1n) is 7.32. The van der Waals surface area contributed by atoms with E-state index in [1.165, 1.54) is 30.8 Å². The van der Waals surface area contributed by atoms with Crippen molar-refractivity contribution in [1.82, 2.24) is 24.2 Å². The quantitative estimate of drug-likeness (QED) is 0.856. The zero-order chi connectivity index (χ0) is 14.1. The predicted molar refractivity (Wildman–Crippen MR) is 78.4 cm³/mol. The average Bonchev–Trinajstić information content (AvgIpc) is 3.00. The summed E-state index contributed by atoms with van der Waals surface area (Å²) in [5, 5.41) is 4.30. The van der Waals surface area contributed by atoms with Crippen LogP contribution in [0.1, 0.15) is 36.0 Å². The van der Waals surface area contributed by atoms with Crippen molar-refractivity contribution in [2.75, 3.05) is 13.1 Å². The van der Waals surface area contributed by atoms with Gasteiger partial charge in [-0.3, -0.25) is 9.58 Å². The van der Waals surface area contributed by atoms with Crippen molar-refractivity contribution in [3.63, 3.8) is 0 Å². The summed E-state index contributed by atoms with van der Waals surface area (Å²) in [4.78, 5) is 6.93. The van der Waals surface area contributed by atoms with Crippen LogP contribution in [-0.4, -0.2) is 37.3 Å². The van der Waals surface area contributed by atoms with Gasteiger partial charge in [-0.05, 0) is 32.4 Å². The van der Waals surface area contributed by atoms with Crippen LogP contribution in [0.15, 0.2) is 18.5 Å². The molecule has 5 heteroatoms. The van der Waals surface area contributed by atoms with Gasteiger partial charge in [0.05, 0.1) is 5.69 Å². The number of hydrogen-bond donors (Lipinski definition) is 0. The van der Waals surface area contributed by atoms with Crippen LogP contribution in [0.2, 0.25) is 0 Å². The van der Waals surface area contributed by atoms with Crippen LogP contribution in [0, 0.1) is 6.92 Å². The highest BCUT2D eigenvalue weighted by molar-refractivity contribution is 5.10. The monoisotopic (exact) mass is 273 g/mol. The van der Waals surface area contributed by atoms with E-state index in [1.807, 2.05) is 24.1 Å². The molecule has 0 radical (unpaired) electrons. The topological polar surface area (TPSA) is 38.9 Å². The predicted octanol–water partition coefficient (Wildman–Crippen LogP) is 1.84. The normalized spacial score (nSPS) is 20.4. The van der Waals surface area contributed by atoms with Gasteiger partial charge in [-0.1, -0.05) is 0 Å². The number of nitrogens with zero attached hydrogens (tertiary/aromatic N) is 5. The number of likely N-dealkylation sites (tertiary alicyclic amines) is 1. The van der Waals surface area contributed by atoms with Crippen LogP contribution in [0.25, 0.3) is 0 Å². The molecule has 0 spiro atoms. The van der Waals surface area contributed by atoms with Crippen molar-refractivity contribution >= 4 is 0 Å². The Hall–Kier alpha value is -1.62. The Labute approximate surface area is 120 Å². The van der Waals surface area contributed by atoms with E-state index >= 15 is 0 Å². The van der Waals surface area contributed by atoms with E-state index in [0.717, 1.165) is 18.9 Å². The molecular weight excluding hydrogens is 250 g/mol. The second kappa shape index (κ2) is 5.40. The lowest BCUT2D eigenvalue weighted by Gasteiger charge is -2.32. The van der Waals surface area contributed by atoms with Gasteiger partial charge in [0.25, 0.3) is 0 Å². The fourth-order valence-electron chi connectivity index (χ4n) is 3.15. The number of rotatable bonds is 3. The SMILES string of the molecule is Cc1ncc(CN2CCC[C@H](c3ccnn3C)C2)n1C. The fraction of sp³-hybridized carbons (Fsp3) is 0.600. The number of imidazole rings is 1. The van der Waals surface area contributed by atoms with Gasteiger partial charge in [0, 0.05) is 51.2 Å². The van der Waals surface area contributed by atoms with E-state index in [1.54, 1.807) is 0 Å². The zero-order valence-corrected chi connectivity index (χ0v) is 12.6. The third-order valence-electron chi connectivity index (χ3n) is 4.48. The smallest absolute Gasteiger partial charge is 0.105 e. The molecule has 0 unspecified atom stereocenters. The third kappa shape index (κ3) is 2.50. The fourth-order valence-corrected chi connectivity index (χ4v) is 3.15. The molecule has 0 aliphatic carbocycles. The van der Waals surface area contributed by atoms with E-state index in [-0.39, 0.29) is 0 Å². The van der Waals surface area contributed by atoms with Crippen molar-refractivity contribution in [3.8, 4) is 0 Å². The zero-order valence-electron chi connectivity index (χ0n) is 12.6. The third-order valence-corrected chi connectivity index (χ3v) is 4.48. The summed E-state index contributed by atoms with van der Waals surface area (Å²) >= 11 is 0. The highest BCUT2D eigenvalue weighted by Gasteiger charge is 2.23. The lowest BCUT2D eigenvalue weighted by Crippen LogP contribution is -2.35. The van der Waals surface area contributed by atoms with Gasteiger partial charge in [-0.25, -0.2) is 4.98 Å². The van der Waals surface area contributed by atoms with Gasteiger partial charge in [0.15, 0.2) is 0 Å². The van der Waals surface area contributed by atoms with Crippen molar-refractivity contribution < 1.29 is 0 Å². The molecule has 2 aromatic heterocycles. The largest absolute Gasteiger partial charge is 0.334 e. The van der Waals surface area contributed by atoms with Crippen LogP contribution in [0.5, 0.6) is 0 Å². The summed E-state index contributed by atoms with van der Waals surface area (Å²) in [6, 6.07) is 2.16. The molecule has 20 heavy (non-hydrogen) atoms. The molecule has 1 fully saturated rings. The lowest BCUT2D eigenvalue weighted by molar-refractivity contribution is 0.193. The van der Waals surface area contributed by atoms with Crippen LogP contribution >= 0.6 is 0 Å². The van der Waals surface area contributed by atoms with Crippen molar-refractivity contribution in [3.05, 3.63) is 35.7 Å². The Bertz CT molecular complexity index is 583. The molecule has 1 saturated heterocycles. The molecular formula is C15H23N5. The van der Waals surface area contributed by atoms with E-state index in [2.05, 4.69) is 39.6 Å². The Kier molecular flexibility index (Phi) is 3.61. The Morgan fingerprint density at radius 1 is 1.35 bits per heavy atom. The average molecular weight is 273 g/mol. The minimum atomic E-state index is 0.602. The number of hydrogen-bond acceptors (Lipinski definition) is 3. The molecule has 0 aromatic carbocycles. The second-order valence-electron chi connectivity index (χ2n) is 5.81. The number of aromatic nitrogens is 4. The van der Waals surface area contributed by atoms with Crippen molar-refractivity contribution in [2.24, 2.45) is 14.1 Å². The molecule has 1 aliphatic rings. The Morgan fingerprint density at radius 3 is 2.85 bits per heavy atom. The highest BCUT2D eigenvalue weighted by atomic mass is 15.3. The molecule has 1 atom stereocenters. The van der Waals surface area contributed by atoms with Crippen LogP contribution in [0.3, 0.4) is 0 Å². The van der Waals surface area contributed by atoms with Gasteiger partial charge in [-0.2, -0.15) is 5.10 Å². The minimum absolute atomic E-state index is 0.602. The standard InChI is InChI=1S/C15H23N5/c1-12-16-9-14(18(12)2)11-20-8-4-5-13(10-20)15-6-7-17-19(15)3/h6-7,9,13H,4-5,8,10-11H2,1-3H3/t13-/m0/s1. The van der Waals surface area contributed by atoms with Crippen molar-refractivity contribution in [1.29, 1.82) is 0 Å². The first kappa shape index (κ1) is 13.4. The number of aryl methyl sites for hydroxylation is 2. The first-order chi connectivity index (χ1) is 9.65. The van der Waals surface area contributed by atoms with E-state index in [9.17, 15) is 0 Å². The highest BCUT2D eigenvalue weighted by Crippen LogP contribution is 2.27. The summed E-state index contributed by atoms with van der Waals surface area (Å²) in [5.74, 6) is 1.69. The Balaban J connectivity index is 1.69. The summed E-state index contributed by atoms with van der Waals surface area (Å²) in [5.41, 5.74) is 2.66. The second-order valence-corrected chi connectivity index (χ2v) is 5.81. The molecule has 108 valence electrons. The van der Waals surface area contributed by atoms with Crippen LogP contribution in [-0.2, 0) is 20.6 Å². The van der Waals surface area contributed by atoms with E-state index in [0.29, 0.717) is 5.92 Å². The van der Waals surface area contributed by atoms with Gasteiger partial charge >= 0.3 is 0 Å². The molecule has 0 N–H and O–H groups in total. The van der Waals surface area contributed by atoms with E-state index in [4.69, 9.17) is 0 Å². The molecule has 0 saturated carbocycles. The maximum Gasteiger partial charge on any atom is 0.105 e. The minimum Gasteiger partial charge on any atom is -0.334 e. The molecule has 3 heterocycles. The maximum absolute atomic E-state index is 4.39. The van der Waals surface area contributed by atoms with Gasteiger partial charge < -0.3 is 4.57 Å². The molecule has 0 bridgehead atoms. The first-order valence-corrected chi connectivity index (χ1v) is 7.32. The van der Waals surface area contributed by atoms with E-state index < -0.39 is 0 Å². The summed E-state index contributed by atoms with van der Waals surface area (Å²) in [7, 11) is 4.14. The van der Waals surface area contributed by atoms with Crippen LogP contribution < -0.4 is 0 Å². The van der Waals surface area contributed by atoms with Gasteiger partial charge in [-0.15, -0.1) is 0 Å². The maximum atomic E-state index is 4.39. The van der Waals surface area contributed by atoms with Crippen molar-refractivity contribution in [2.45, 2.75) is 32.2 Å². The molecule has 1 aliphatic heterocycles. The molecule has 5 nitrogen and oxygen atoms in total. The lowest BCUT2D eigenvalue weighted by atomic mass is 9.94. The Morgan fingerprint density at radius 2 is 2.20 bits per heavy atom. The van der Waals surface area contributed by atoms with Gasteiger partial charge in [0.1, 0.15) is 5.82 Å². The summed E-state index contributed by atoms with van der Waals surface area (Å²) < 4.78 is 4.20. The summed E-state index contributed by atoms with van der Waals surface area (Å²) in [6.07, 6.45) is 6.43. The molecule has 0 amide bonds. The number of piperidine rings is 1. The molecule has 3 rings (SSSR count). The van der Waals surface area contributed by atoms with Crippen LogP contribution in [0.4, 0.5) is 0 Å². The molecule has 2 aromatic rings. The van der Waals surface area contributed by atoms with Gasteiger partial charge in [0.2, 0.25) is 0 Å². The summed E-state index contributed by atoms with van der Waals surface area (Å²) in [6.45, 7) is 5.34.